The average molecular weight is 335 g/mol. The van der Waals surface area contributed by atoms with Crippen molar-refractivity contribution in [1.82, 2.24) is 4.98 Å². The van der Waals surface area contributed by atoms with Gasteiger partial charge in [-0.3, -0.25) is 4.79 Å². The van der Waals surface area contributed by atoms with E-state index in [0.717, 1.165) is 43.9 Å². The lowest BCUT2D eigenvalue weighted by molar-refractivity contribution is 0.102. The molecule has 24 heavy (non-hydrogen) atoms. The zero-order chi connectivity index (χ0) is 17.3. The minimum atomic E-state index is -1.66. The van der Waals surface area contributed by atoms with E-state index in [4.69, 9.17) is 0 Å². The summed E-state index contributed by atoms with van der Waals surface area (Å²) in [6, 6.07) is 5.07. The molecule has 1 fully saturated rings. The van der Waals surface area contributed by atoms with Gasteiger partial charge in [0.15, 0.2) is 17.5 Å². The summed E-state index contributed by atoms with van der Waals surface area (Å²) in [4.78, 5) is 18.7. The fraction of sp³-hybridized carbons (Fsp3) is 0.294. The molecule has 0 radical (unpaired) electrons. The molecule has 0 unspecified atom stereocenters. The minimum Gasteiger partial charge on any atom is -0.357 e. The summed E-state index contributed by atoms with van der Waals surface area (Å²) in [5.74, 6) is -4.54. The molecule has 2 aromatic rings. The van der Waals surface area contributed by atoms with Crippen LogP contribution in [-0.2, 0) is 0 Å². The minimum absolute atomic E-state index is 0.395. The van der Waals surface area contributed by atoms with Gasteiger partial charge in [-0.25, -0.2) is 18.2 Å². The summed E-state index contributed by atoms with van der Waals surface area (Å²) in [6.07, 6.45) is 2.24. The van der Waals surface area contributed by atoms with E-state index in [1.807, 2.05) is 0 Å². The predicted octanol–water partition coefficient (Wildman–Crippen LogP) is 3.66. The number of rotatable bonds is 3. The summed E-state index contributed by atoms with van der Waals surface area (Å²) in [5, 5.41) is 2.48. The van der Waals surface area contributed by atoms with E-state index in [-0.39, 0.29) is 0 Å². The number of hydrogen-bond acceptors (Lipinski definition) is 3. The average Bonchev–Trinajstić information content (AvgIpc) is 3.09. The van der Waals surface area contributed by atoms with E-state index in [0.29, 0.717) is 11.4 Å². The Hall–Kier alpha value is -2.57. The normalized spacial score (nSPS) is 14.1. The van der Waals surface area contributed by atoms with Crippen LogP contribution in [0, 0.1) is 24.4 Å². The molecule has 0 spiro atoms. The van der Waals surface area contributed by atoms with Crippen molar-refractivity contribution in [3.8, 4) is 0 Å². The monoisotopic (exact) mass is 335 g/mol. The molecular weight excluding hydrogens is 319 g/mol. The summed E-state index contributed by atoms with van der Waals surface area (Å²) >= 11 is 0. The largest absolute Gasteiger partial charge is 0.357 e. The molecule has 1 aliphatic rings. The van der Waals surface area contributed by atoms with Crippen LogP contribution < -0.4 is 10.2 Å². The number of pyridine rings is 1. The third-order valence-electron chi connectivity index (χ3n) is 4.03. The second-order valence-corrected chi connectivity index (χ2v) is 5.67. The zero-order valence-electron chi connectivity index (χ0n) is 13.1. The highest BCUT2D eigenvalue weighted by molar-refractivity contribution is 6.04. The van der Waals surface area contributed by atoms with Gasteiger partial charge in [-0.1, -0.05) is 0 Å². The number of carbonyl (C=O) groups excluding carboxylic acids is 1. The van der Waals surface area contributed by atoms with Gasteiger partial charge in [0.2, 0.25) is 0 Å². The van der Waals surface area contributed by atoms with Crippen LogP contribution in [0.1, 0.15) is 28.9 Å². The molecule has 126 valence electrons. The first-order valence-corrected chi connectivity index (χ1v) is 7.65. The highest BCUT2D eigenvalue weighted by Crippen LogP contribution is 2.23. The standard InChI is InChI=1S/C17H16F3N3O/c1-10-13(6-7-14(21-10)23-8-2-3-9-23)22-17(24)11-4-5-12(18)16(20)15(11)19/h4-7H,2-3,8-9H2,1H3,(H,22,24). The van der Waals surface area contributed by atoms with Crippen LogP contribution in [0.15, 0.2) is 24.3 Å². The van der Waals surface area contributed by atoms with E-state index < -0.39 is 28.9 Å². The smallest absolute Gasteiger partial charge is 0.258 e. The van der Waals surface area contributed by atoms with Gasteiger partial charge in [0.25, 0.3) is 5.91 Å². The first-order chi connectivity index (χ1) is 11.5. The van der Waals surface area contributed by atoms with Gasteiger partial charge in [0.1, 0.15) is 5.82 Å². The molecule has 1 amide bonds. The Balaban J connectivity index is 1.81. The van der Waals surface area contributed by atoms with E-state index in [1.54, 1.807) is 19.1 Å². The second kappa shape index (κ2) is 6.51. The topological polar surface area (TPSA) is 45.2 Å². The zero-order valence-corrected chi connectivity index (χ0v) is 13.1. The van der Waals surface area contributed by atoms with Crippen molar-refractivity contribution in [1.29, 1.82) is 0 Å². The SMILES string of the molecule is Cc1nc(N2CCCC2)ccc1NC(=O)c1ccc(F)c(F)c1F. The summed E-state index contributed by atoms with van der Waals surface area (Å²) in [6.45, 7) is 3.60. The predicted molar refractivity (Wildman–Crippen MR) is 84.7 cm³/mol. The molecule has 0 aliphatic carbocycles. The van der Waals surface area contributed by atoms with Crippen LogP contribution in [0.3, 0.4) is 0 Å². The van der Waals surface area contributed by atoms with Gasteiger partial charge in [-0.05, 0) is 44.0 Å². The van der Waals surface area contributed by atoms with Gasteiger partial charge in [0, 0.05) is 13.1 Å². The van der Waals surface area contributed by atoms with E-state index in [1.165, 1.54) is 0 Å². The Morgan fingerprint density at radius 3 is 2.46 bits per heavy atom. The van der Waals surface area contributed by atoms with Crippen molar-refractivity contribution in [3.63, 3.8) is 0 Å². The fourth-order valence-corrected chi connectivity index (χ4v) is 2.69. The molecule has 4 nitrogen and oxygen atoms in total. The molecule has 1 aromatic carbocycles. The third kappa shape index (κ3) is 3.06. The molecule has 1 saturated heterocycles. The van der Waals surface area contributed by atoms with Crippen molar-refractivity contribution in [2.75, 3.05) is 23.3 Å². The number of hydrogen-bond donors (Lipinski definition) is 1. The van der Waals surface area contributed by atoms with Gasteiger partial charge in [0.05, 0.1) is 16.9 Å². The summed E-state index contributed by atoms with van der Waals surface area (Å²) in [7, 11) is 0. The number of amides is 1. The maximum Gasteiger partial charge on any atom is 0.258 e. The Kier molecular flexibility index (Phi) is 4.42. The van der Waals surface area contributed by atoms with Gasteiger partial charge < -0.3 is 10.2 Å². The summed E-state index contributed by atoms with van der Waals surface area (Å²) in [5.41, 5.74) is 0.403. The van der Waals surface area contributed by atoms with Crippen LogP contribution in [0.25, 0.3) is 0 Å². The van der Waals surface area contributed by atoms with Crippen molar-refractivity contribution in [3.05, 3.63) is 53.0 Å². The summed E-state index contributed by atoms with van der Waals surface area (Å²) < 4.78 is 39.9. The highest BCUT2D eigenvalue weighted by atomic mass is 19.2. The fourth-order valence-electron chi connectivity index (χ4n) is 2.69. The van der Waals surface area contributed by atoms with Crippen LogP contribution in [0.4, 0.5) is 24.7 Å². The lowest BCUT2D eigenvalue weighted by Crippen LogP contribution is -2.20. The van der Waals surface area contributed by atoms with Crippen molar-refractivity contribution in [2.45, 2.75) is 19.8 Å². The molecular formula is C17H16F3N3O. The second-order valence-electron chi connectivity index (χ2n) is 5.67. The first kappa shape index (κ1) is 16.3. The van der Waals surface area contributed by atoms with Crippen molar-refractivity contribution < 1.29 is 18.0 Å². The van der Waals surface area contributed by atoms with E-state index >= 15 is 0 Å². The van der Waals surface area contributed by atoms with Gasteiger partial charge >= 0.3 is 0 Å². The van der Waals surface area contributed by atoms with Crippen LogP contribution >= 0.6 is 0 Å². The lowest BCUT2D eigenvalue weighted by atomic mass is 10.1. The highest BCUT2D eigenvalue weighted by Gasteiger charge is 2.20. The Morgan fingerprint density at radius 2 is 1.79 bits per heavy atom. The molecule has 1 aromatic heterocycles. The molecule has 2 heterocycles. The van der Waals surface area contributed by atoms with Crippen LogP contribution in [0.5, 0.6) is 0 Å². The maximum atomic E-state index is 13.7. The first-order valence-electron chi connectivity index (χ1n) is 7.65. The molecule has 1 N–H and O–H groups in total. The Morgan fingerprint density at radius 1 is 1.08 bits per heavy atom. The molecule has 0 bridgehead atoms. The van der Waals surface area contributed by atoms with Gasteiger partial charge in [-0.2, -0.15) is 0 Å². The number of aromatic nitrogens is 1. The molecule has 0 saturated carbocycles. The molecule has 1 aliphatic heterocycles. The lowest BCUT2D eigenvalue weighted by Gasteiger charge is -2.18. The number of halogens is 3. The van der Waals surface area contributed by atoms with Crippen LogP contribution in [-0.4, -0.2) is 24.0 Å². The van der Waals surface area contributed by atoms with Crippen LogP contribution in [0.2, 0.25) is 0 Å². The Bertz CT molecular complexity index is 789. The molecule has 3 rings (SSSR count). The van der Waals surface area contributed by atoms with Crippen molar-refractivity contribution in [2.24, 2.45) is 0 Å². The number of aryl methyl sites for hydroxylation is 1. The third-order valence-corrected chi connectivity index (χ3v) is 4.03. The van der Waals surface area contributed by atoms with Gasteiger partial charge in [-0.15, -0.1) is 0 Å². The number of nitrogens with one attached hydrogen (secondary N) is 1. The maximum absolute atomic E-state index is 13.7. The quantitative estimate of drug-likeness (QED) is 0.871. The van der Waals surface area contributed by atoms with Crippen molar-refractivity contribution >= 4 is 17.4 Å². The molecule has 0 atom stereocenters. The number of benzene rings is 1. The number of carbonyl (C=O) groups is 1. The Labute approximate surface area is 137 Å². The van der Waals surface area contributed by atoms with E-state index in [2.05, 4.69) is 15.2 Å². The number of anilines is 2. The van der Waals surface area contributed by atoms with E-state index in [9.17, 15) is 18.0 Å². The molecule has 7 heteroatoms. The number of nitrogens with zero attached hydrogens (tertiary/aromatic N) is 2.